The van der Waals surface area contributed by atoms with Gasteiger partial charge in [-0.25, -0.2) is 0 Å². The minimum absolute atomic E-state index is 0.0450. The fourth-order valence-corrected chi connectivity index (χ4v) is 4.75. The first-order valence-corrected chi connectivity index (χ1v) is 13.9. The highest BCUT2D eigenvalue weighted by Crippen LogP contribution is 2.24. The summed E-state index contributed by atoms with van der Waals surface area (Å²) in [5.41, 5.74) is 4.46. The maximum atomic E-state index is 13.2. The molecule has 0 aliphatic rings. The lowest BCUT2D eigenvalue weighted by Gasteiger charge is -2.13. The second-order valence-electron chi connectivity index (χ2n) is 8.98. The molecule has 0 aliphatic carbocycles. The van der Waals surface area contributed by atoms with Crippen LogP contribution in [-0.2, 0) is 9.59 Å². The highest BCUT2D eigenvalue weighted by molar-refractivity contribution is 8.00. The van der Waals surface area contributed by atoms with Gasteiger partial charge in [0.15, 0.2) is 0 Å². The number of amides is 3. The van der Waals surface area contributed by atoms with E-state index in [0.29, 0.717) is 21.8 Å². The third-order valence-corrected chi connectivity index (χ3v) is 7.32. The SMILES string of the molecule is Cc1cccc(C)c1NC(=O)CSc1ccc(NC(=O)/C(=C/c2ccccc2Cl)NC(=O)c2ccccc2)cc1. The number of aryl methyl sites for hydroxylation is 2. The normalized spacial score (nSPS) is 11.0. The fourth-order valence-electron chi connectivity index (χ4n) is 3.86. The Balaban J connectivity index is 1.42. The fraction of sp³-hybridized carbons (Fsp3) is 0.0938. The van der Waals surface area contributed by atoms with E-state index in [-0.39, 0.29) is 17.4 Å². The van der Waals surface area contributed by atoms with Crippen molar-refractivity contribution in [2.45, 2.75) is 18.7 Å². The number of thioether (sulfide) groups is 1. The first-order valence-electron chi connectivity index (χ1n) is 12.5. The number of hydrogen-bond donors (Lipinski definition) is 3. The van der Waals surface area contributed by atoms with Crippen LogP contribution in [-0.4, -0.2) is 23.5 Å². The first kappa shape index (κ1) is 28.7. The first-order chi connectivity index (χ1) is 19.3. The van der Waals surface area contributed by atoms with Gasteiger partial charge in [0.05, 0.1) is 5.75 Å². The van der Waals surface area contributed by atoms with Crippen molar-refractivity contribution < 1.29 is 14.4 Å². The van der Waals surface area contributed by atoms with Crippen LogP contribution in [0.1, 0.15) is 27.0 Å². The van der Waals surface area contributed by atoms with Crippen molar-refractivity contribution in [1.82, 2.24) is 5.32 Å². The monoisotopic (exact) mass is 569 g/mol. The van der Waals surface area contributed by atoms with Gasteiger partial charge in [0.1, 0.15) is 5.70 Å². The van der Waals surface area contributed by atoms with E-state index in [0.717, 1.165) is 21.7 Å². The summed E-state index contributed by atoms with van der Waals surface area (Å²) < 4.78 is 0. The van der Waals surface area contributed by atoms with Crippen LogP contribution < -0.4 is 16.0 Å². The predicted molar refractivity (Wildman–Crippen MR) is 164 cm³/mol. The summed E-state index contributed by atoms with van der Waals surface area (Å²) >= 11 is 7.69. The van der Waals surface area contributed by atoms with Gasteiger partial charge in [0.2, 0.25) is 5.91 Å². The number of carbonyl (C=O) groups excluding carboxylic acids is 3. The van der Waals surface area contributed by atoms with Crippen LogP contribution >= 0.6 is 23.4 Å². The van der Waals surface area contributed by atoms with Crippen molar-refractivity contribution in [3.63, 3.8) is 0 Å². The summed E-state index contributed by atoms with van der Waals surface area (Å²) in [5.74, 6) is -0.767. The van der Waals surface area contributed by atoms with Crippen molar-refractivity contribution in [3.8, 4) is 0 Å². The summed E-state index contributed by atoms with van der Waals surface area (Å²) in [6.45, 7) is 3.93. The molecule has 0 atom stereocenters. The van der Waals surface area contributed by atoms with Crippen LogP contribution in [0.25, 0.3) is 6.08 Å². The number of nitrogens with one attached hydrogen (secondary N) is 3. The molecule has 8 heteroatoms. The second-order valence-corrected chi connectivity index (χ2v) is 10.4. The summed E-state index contributed by atoms with van der Waals surface area (Å²) in [6.07, 6.45) is 1.54. The zero-order chi connectivity index (χ0) is 28.5. The molecule has 0 heterocycles. The van der Waals surface area contributed by atoms with E-state index in [9.17, 15) is 14.4 Å². The average molecular weight is 570 g/mol. The molecule has 0 fully saturated rings. The Labute approximate surface area is 242 Å². The average Bonchev–Trinajstić information content (AvgIpc) is 2.96. The molecule has 202 valence electrons. The Kier molecular flexibility index (Phi) is 9.78. The van der Waals surface area contributed by atoms with Crippen LogP contribution in [0.4, 0.5) is 11.4 Å². The maximum absolute atomic E-state index is 13.2. The molecule has 0 radical (unpaired) electrons. The zero-order valence-corrected chi connectivity index (χ0v) is 23.6. The van der Waals surface area contributed by atoms with E-state index in [1.54, 1.807) is 60.7 Å². The third kappa shape index (κ3) is 7.85. The van der Waals surface area contributed by atoms with E-state index in [2.05, 4.69) is 16.0 Å². The molecule has 0 bridgehead atoms. The lowest BCUT2D eigenvalue weighted by Crippen LogP contribution is -2.30. The maximum Gasteiger partial charge on any atom is 0.272 e. The van der Waals surface area contributed by atoms with Gasteiger partial charge in [-0.2, -0.15) is 0 Å². The van der Waals surface area contributed by atoms with Gasteiger partial charge in [0.25, 0.3) is 11.8 Å². The molecule has 4 rings (SSSR count). The molecule has 4 aromatic rings. The molecule has 0 spiro atoms. The van der Waals surface area contributed by atoms with Crippen LogP contribution in [0, 0.1) is 13.8 Å². The summed E-state index contributed by atoms with van der Waals surface area (Å²) in [6, 6.07) is 28.7. The topological polar surface area (TPSA) is 87.3 Å². The Hall–Kier alpha value is -4.33. The number of hydrogen-bond acceptors (Lipinski definition) is 4. The Bertz CT molecular complexity index is 1530. The highest BCUT2D eigenvalue weighted by Gasteiger charge is 2.16. The van der Waals surface area contributed by atoms with E-state index < -0.39 is 11.8 Å². The smallest absolute Gasteiger partial charge is 0.272 e. The van der Waals surface area contributed by atoms with Gasteiger partial charge in [-0.05, 0) is 79.1 Å². The molecule has 0 saturated carbocycles. The Morgan fingerprint density at radius 3 is 2.10 bits per heavy atom. The van der Waals surface area contributed by atoms with Gasteiger partial charge in [-0.1, -0.05) is 66.2 Å². The lowest BCUT2D eigenvalue weighted by molar-refractivity contribution is -0.114. The summed E-state index contributed by atoms with van der Waals surface area (Å²) in [4.78, 5) is 39.4. The minimum atomic E-state index is -0.502. The second kappa shape index (κ2) is 13.6. The summed E-state index contributed by atoms with van der Waals surface area (Å²) in [7, 11) is 0. The number of para-hydroxylation sites is 1. The van der Waals surface area contributed by atoms with Crippen molar-refractivity contribution in [3.05, 3.63) is 130 Å². The van der Waals surface area contributed by atoms with Gasteiger partial charge < -0.3 is 16.0 Å². The number of halogens is 1. The van der Waals surface area contributed by atoms with Crippen LogP contribution in [0.2, 0.25) is 5.02 Å². The molecule has 40 heavy (non-hydrogen) atoms. The van der Waals surface area contributed by atoms with Crippen molar-refractivity contribution in [2.75, 3.05) is 16.4 Å². The third-order valence-electron chi connectivity index (χ3n) is 5.96. The standard InChI is InChI=1S/C32H28ClN3O3S/c1-21-9-8-10-22(2)30(21)36-29(37)20-40-26-17-15-25(16-18-26)34-32(39)28(19-24-13-6-7-14-27(24)33)35-31(38)23-11-4-3-5-12-23/h3-19H,20H2,1-2H3,(H,34,39)(H,35,38)(H,36,37)/b28-19-. The van der Waals surface area contributed by atoms with E-state index >= 15 is 0 Å². The number of carbonyl (C=O) groups is 3. The zero-order valence-electron chi connectivity index (χ0n) is 22.0. The van der Waals surface area contributed by atoms with Gasteiger partial charge >= 0.3 is 0 Å². The van der Waals surface area contributed by atoms with E-state index in [1.165, 1.54) is 17.8 Å². The van der Waals surface area contributed by atoms with Crippen LogP contribution in [0.3, 0.4) is 0 Å². The molecule has 4 aromatic carbocycles. The molecule has 3 amide bonds. The van der Waals surface area contributed by atoms with E-state index in [1.807, 2.05) is 50.2 Å². The molecule has 0 unspecified atom stereocenters. The number of anilines is 2. The van der Waals surface area contributed by atoms with Crippen molar-refractivity contribution in [2.24, 2.45) is 0 Å². The molecule has 0 aliphatic heterocycles. The number of benzene rings is 4. The molecule has 0 aromatic heterocycles. The molecule has 0 saturated heterocycles. The largest absolute Gasteiger partial charge is 0.325 e. The van der Waals surface area contributed by atoms with Crippen LogP contribution in [0.5, 0.6) is 0 Å². The molecular weight excluding hydrogens is 542 g/mol. The quantitative estimate of drug-likeness (QED) is 0.148. The lowest BCUT2D eigenvalue weighted by atomic mass is 10.1. The Morgan fingerprint density at radius 2 is 1.43 bits per heavy atom. The van der Waals surface area contributed by atoms with E-state index in [4.69, 9.17) is 11.6 Å². The highest BCUT2D eigenvalue weighted by atomic mass is 35.5. The Morgan fingerprint density at radius 1 is 0.775 bits per heavy atom. The van der Waals surface area contributed by atoms with Gasteiger partial charge in [-0.3, -0.25) is 14.4 Å². The van der Waals surface area contributed by atoms with Crippen molar-refractivity contribution >= 4 is 58.5 Å². The van der Waals surface area contributed by atoms with Crippen molar-refractivity contribution in [1.29, 1.82) is 0 Å². The summed E-state index contributed by atoms with van der Waals surface area (Å²) in [5, 5.41) is 8.96. The number of rotatable bonds is 9. The van der Waals surface area contributed by atoms with Gasteiger partial charge in [-0.15, -0.1) is 11.8 Å². The van der Waals surface area contributed by atoms with Crippen LogP contribution in [0.15, 0.2) is 108 Å². The van der Waals surface area contributed by atoms with Gasteiger partial charge in [0, 0.05) is 26.9 Å². The minimum Gasteiger partial charge on any atom is -0.325 e. The molecular formula is C32H28ClN3O3S. The molecule has 6 nitrogen and oxygen atoms in total. The molecule has 3 N–H and O–H groups in total. The predicted octanol–water partition coefficient (Wildman–Crippen LogP) is 7.10.